The monoisotopic (exact) mass is 781 g/mol. The van der Waals surface area contributed by atoms with Crippen LogP contribution in [0.3, 0.4) is 0 Å². The van der Waals surface area contributed by atoms with Crippen LogP contribution in [0.5, 0.6) is 0 Å². The topological polar surface area (TPSA) is 19.6 Å². The summed E-state index contributed by atoms with van der Waals surface area (Å²) >= 11 is 0. The Morgan fingerprint density at radius 3 is 1.59 bits per heavy atom. The zero-order valence-electron chi connectivity index (χ0n) is 37.7. The van der Waals surface area contributed by atoms with Gasteiger partial charge in [-0.25, -0.2) is 0 Å². The molecule has 0 bridgehead atoms. The fourth-order valence-electron chi connectivity index (χ4n) is 9.93. The molecule has 2 atom stereocenters. The minimum Gasteiger partial charge on any atom is -0.456 e. The van der Waals surface area contributed by atoms with Gasteiger partial charge in [0.2, 0.25) is 0 Å². The predicted octanol–water partition coefficient (Wildman–Crippen LogP) is 16.3. The van der Waals surface area contributed by atoms with Crippen molar-refractivity contribution in [1.82, 2.24) is 0 Å². The van der Waals surface area contributed by atoms with Crippen molar-refractivity contribution >= 4 is 61.1 Å². The van der Waals surface area contributed by atoms with Crippen LogP contribution >= 0.6 is 0 Å². The molecule has 0 N–H and O–H groups in total. The van der Waals surface area contributed by atoms with E-state index in [-0.39, 0.29) is 21.7 Å². The van der Waals surface area contributed by atoms with Gasteiger partial charge in [-0.15, -0.1) is 0 Å². The SMILES string of the molecule is C[C@@H]1CCC1N(c1ccc(C(C)(C)C)cc1)c1ccc2c(c1)oc1c3c4c(c(N(c5ccc(C(C)(C)C)cc5)c5ccc(C(C)(C)C)cc5)ccc4cc12)CCC3(C)C. The summed E-state index contributed by atoms with van der Waals surface area (Å²) in [6, 6.07) is 42.4. The first kappa shape index (κ1) is 39.4. The van der Waals surface area contributed by atoms with Crippen molar-refractivity contribution in [2.75, 3.05) is 9.80 Å². The van der Waals surface area contributed by atoms with Crippen LogP contribution in [0.25, 0.3) is 32.7 Å². The largest absolute Gasteiger partial charge is 0.456 e. The molecule has 1 fully saturated rings. The van der Waals surface area contributed by atoms with Crippen LogP contribution in [-0.2, 0) is 28.1 Å². The van der Waals surface area contributed by atoms with Gasteiger partial charge >= 0.3 is 0 Å². The molecule has 1 aromatic heterocycles. The average molecular weight is 781 g/mol. The predicted molar refractivity (Wildman–Crippen MR) is 254 cm³/mol. The van der Waals surface area contributed by atoms with Crippen LogP contribution in [0, 0.1) is 5.92 Å². The van der Waals surface area contributed by atoms with Gasteiger partial charge < -0.3 is 14.2 Å². The summed E-state index contributed by atoms with van der Waals surface area (Å²) in [6.07, 6.45) is 4.52. The Hall–Kier alpha value is -5.02. The fourth-order valence-corrected chi connectivity index (χ4v) is 9.93. The van der Waals surface area contributed by atoms with E-state index >= 15 is 0 Å². The Morgan fingerprint density at radius 1 is 0.576 bits per heavy atom. The number of rotatable bonds is 6. The number of furan rings is 1. The van der Waals surface area contributed by atoms with Gasteiger partial charge in [0.1, 0.15) is 11.2 Å². The molecule has 2 aliphatic carbocycles. The highest BCUT2D eigenvalue weighted by Gasteiger charge is 2.37. The molecule has 3 nitrogen and oxygen atoms in total. The summed E-state index contributed by atoms with van der Waals surface area (Å²) in [4.78, 5) is 5.08. The Bertz CT molecular complexity index is 2630. The van der Waals surface area contributed by atoms with Crippen molar-refractivity contribution in [3.63, 3.8) is 0 Å². The highest BCUT2D eigenvalue weighted by Crippen LogP contribution is 2.52. The average Bonchev–Trinajstić information content (AvgIpc) is 3.54. The molecule has 9 rings (SSSR count). The Morgan fingerprint density at radius 2 is 1.10 bits per heavy atom. The lowest BCUT2D eigenvalue weighted by molar-refractivity contribution is 0.279. The van der Waals surface area contributed by atoms with Crippen molar-refractivity contribution in [3.8, 4) is 0 Å². The molecule has 6 aromatic carbocycles. The standard InChI is InChI=1S/C56H64N2O/c1-35-13-29-47(35)58(42-25-19-39(20-26-42)55(8,9)10)43-27-28-44-46-33-36-14-30-48(45-31-32-56(11,12)51(50(36)45)52(46)59-49(44)34-43)57(40-21-15-37(16-22-40)53(2,3)4)41-23-17-38(18-24-41)54(5,6)7/h14-28,30,33-35,47H,13,29,31-32H2,1-12H3/t35-,47?/m1/s1. The number of hydrogen-bond acceptors (Lipinski definition) is 3. The van der Waals surface area contributed by atoms with Crippen LogP contribution in [0.15, 0.2) is 114 Å². The van der Waals surface area contributed by atoms with Crippen LogP contribution < -0.4 is 9.80 Å². The summed E-state index contributed by atoms with van der Waals surface area (Å²) in [6.45, 7) is 27.8. The molecule has 1 unspecified atom stereocenters. The lowest BCUT2D eigenvalue weighted by Crippen LogP contribution is -2.43. The van der Waals surface area contributed by atoms with E-state index in [4.69, 9.17) is 4.42 Å². The van der Waals surface area contributed by atoms with Gasteiger partial charge in [-0.1, -0.05) is 126 Å². The van der Waals surface area contributed by atoms with E-state index < -0.39 is 0 Å². The quantitative estimate of drug-likeness (QED) is 0.168. The Labute approximate surface area is 353 Å². The van der Waals surface area contributed by atoms with Crippen LogP contribution in [0.2, 0.25) is 0 Å². The number of fused-ring (bicyclic) bond motifs is 4. The smallest absolute Gasteiger partial charge is 0.139 e. The summed E-state index contributed by atoms with van der Waals surface area (Å²) in [5, 5.41) is 5.06. The van der Waals surface area contributed by atoms with Gasteiger partial charge in [0.05, 0.1) is 0 Å². The summed E-state index contributed by atoms with van der Waals surface area (Å²) < 4.78 is 7.18. The van der Waals surface area contributed by atoms with Crippen molar-refractivity contribution in [3.05, 3.63) is 137 Å². The molecule has 1 saturated carbocycles. The van der Waals surface area contributed by atoms with Gasteiger partial charge in [-0.3, -0.25) is 0 Å². The zero-order valence-corrected chi connectivity index (χ0v) is 37.7. The molecule has 3 heteroatoms. The van der Waals surface area contributed by atoms with Crippen molar-refractivity contribution in [1.29, 1.82) is 0 Å². The van der Waals surface area contributed by atoms with Gasteiger partial charge in [0.25, 0.3) is 0 Å². The van der Waals surface area contributed by atoms with Crippen LogP contribution in [0.1, 0.15) is 130 Å². The zero-order chi connectivity index (χ0) is 41.8. The summed E-state index contributed by atoms with van der Waals surface area (Å²) in [5.41, 5.74) is 15.1. The molecular weight excluding hydrogens is 717 g/mol. The molecule has 0 amide bonds. The minimum atomic E-state index is -0.0597. The third-order valence-corrected chi connectivity index (χ3v) is 13.9. The third kappa shape index (κ3) is 6.83. The molecule has 0 spiro atoms. The lowest BCUT2D eigenvalue weighted by atomic mass is 9.71. The number of anilines is 5. The molecule has 59 heavy (non-hydrogen) atoms. The van der Waals surface area contributed by atoms with Crippen LogP contribution in [0.4, 0.5) is 28.4 Å². The van der Waals surface area contributed by atoms with Crippen molar-refractivity contribution in [2.45, 2.75) is 136 Å². The van der Waals surface area contributed by atoms with Crippen molar-refractivity contribution < 1.29 is 4.42 Å². The minimum absolute atomic E-state index is 0.0597. The van der Waals surface area contributed by atoms with Gasteiger partial charge in [-0.05, 0) is 147 Å². The first-order valence-electron chi connectivity index (χ1n) is 22.2. The molecule has 0 radical (unpaired) electrons. The molecule has 304 valence electrons. The second-order valence-corrected chi connectivity index (χ2v) is 21.7. The van der Waals surface area contributed by atoms with E-state index in [0.29, 0.717) is 12.0 Å². The van der Waals surface area contributed by atoms with E-state index in [0.717, 1.165) is 24.0 Å². The van der Waals surface area contributed by atoms with E-state index in [1.54, 1.807) is 0 Å². The third-order valence-electron chi connectivity index (χ3n) is 13.9. The highest BCUT2D eigenvalue weighted by atomic mass is 16.3. The highest BCUT2D eigenvalue weighted by molar-refractivity contribution is 6.15. The maximum Gasteiger partial charge on any atom is 0.139 e. The lowest BCUT2D eigenvalue weighted by Gasteiger charge is -2.44. The van der Waals surface area contributed by atoms with Gasteiger partial charge in [0, 0.05) is 56.9 Å². The first-order chi connectivity index (χ1) is 27.8. The Kier molecular flexibility index (Phi) is 9.20. The molecule has 0 aliphatic heterocycles. The summed E-state index contributed by atoms with van der Waals surface area (Å²) in [5.74, 6) is 0.638. The van der Waals surface area contributed by atoms with E-state index in [1.807, 2.05) is 0 Å². The molecule has 0 saturated heterocycles. The number of nitrogens with zero attached hydrogens (tertiary/aromatic N) is 2. The van der Waals surface area contributed by atoms with Gasteiger partial charge in [-0.2, -0.15) is 0 Å². The number of hydrogen-bond donors (Lipinski definition) is 0. The second kappa shape index (κ2) is 13.8. The Balaban J connectivity index is 1.22. The molecule has 1 heterocycles. The maximum atomic E-state index is 7.18. The van der Waals surface area contributed by atoms with E-state index in [2.05, 4.69) is 202 Å². The second-order valence-electron chi connectivity index (χ2n) is 21.7. The van der Waals surface area contributed by atoms with E-state index in [9.17, 15) is 0 Å². The number of benzene rings is 6. The summed E-state index contributed by atoms with van der Waals surface area (Å²) in [7, 11) is 0. The molecular formula is C56H64N2O. The fraction of sp³-hybridized carbons (Fsp3) is 0.393. The van der Waals surface area contributed by atoms with Crippen molar-refractivity contribution in [2.24, 2.45) is 5.92 Å². The molecule has 2 aliphatic rings. The van der Waals surface area contributed by atoms with Gasteiger partial charge in [0.15, 0.2) is 0 Å². The van der Waals surface area contributed by atoms with E-state index in [1.165, 1.54) is 90.6 Å². The first-order valence-corrected chi connectivity index (χ1v) is 22.2. The normalized spacial score (nSPS) is 18.0. The maximum absolute atomic E-state index is 7.18. The van der Waals surface area contributed by atoms with Crippen LogP contribution in [-0.4, -0.2) is 6.04 Å². The molecule has 7 aromatic rings. The number of aryl methyl sites for hydroxylation is 1.